The minimum absolute atomic E-state index is 0. The molecule has 0 N–H and O–H groups in total. The third-order valence-corrected chi connectivity index (χ3v) is 5.19. The third kappa shape index (κ3) is 6.63. The predicted molar refractivity (Wildman–Crippen MR) is 106 cm³/mol. The van der Waals surface area contributed by atoms with Gasteiger partial charge in [-0.1, -0.05) is 50.1 Å². The molecule has 0 saturated heterocycles. The Morgan fingerprint density at radius 3 is 2.60 bits per heavy atom. The number of hydrogen-bond donors (Lipinski definition) is 0. The molecule has 4 heteroatoms. The van der Waals surface area contributed by atoms with Crippen LogP contribution in [-0.2, 0) is 16.0 Å². The van der Waals surface area contributed by atoms with Gasteiger partial charge in [0.25, 0.3) is 0 Å². The lowest BCUT2D eigenvalue weighted by molar-refractivity contribution is -0.172. The van der Waals surface area contributed by atoms with E-state index in [9.17, 15) is 4.79 Å². The van der Waals surface area contributed by atoms with Gasteiger partial charge in [-0.2, -0.15) is 0 Å². The molecule has 1 aromatic carbocycles. The minimum atomic E-state index is -0.260. The van der Waals surface area contributed by atoms with E-state index < -0.39 is 0 Å². The molecule has 0 aromatic heterocycles. The van der Waals surface area contributed by atoms with Gasteiger partial charge >= 0.3 is 5.97 Å². The van der Waals surface area contributed by atoms with Crippen molar-refractivity contribution >= 4 is 18.4 Å². The normalized spacial score (nSPS) is 23.1. The summed E-state index contributed by atoms with van der Waals surface area (Å²) in [4.78, 5) is 14.9. The van der Waals surface area contributed by atoms with Crippen LogP contribution in [0.4, 0.5) is 0 Å². The van der Waals surface area contributed by atoms with Gasteiger partial charge in [0.1, 0.15) is 5.60 Å². The summed E-state index contributed by atoms with van der Waals surface area (Å²) < 4.78 is 6.23. The van der Waals surface area contributed by atoms with Crippen LogP contribution in [-0.4, -0.2) is 37.1 Å². The first-order valence-corrected chi connectivity index (χ1v) is 9.46. The van der Waals surface area contributed by atoms with Gasteiger partial charge in [0.05, 0.1) is 6.42 Å². The molecule has 0 heterocycles. The van der Waals surface area contributed by atoms with Crippen LogP contribution in [0.5, 0.6) is 0 Å². The molecule has 1 aromatic rings. The van der Waals surface area contributed by atoms with Gasteiger partial charge in [-0.25, -0.2) is 0 Å². The number of benzene rings is 1. The Morgan fingerprint density at radius 2 is 1.96 bits per heavy atom. The quantitative estimate of drug-likeness (QED) is 0.613. The number of unbranched alkanes of at least 4 members (excludes halogenated alkanes) is 1. The first-order chi connectivity index (χ1) is 11.6. The Labute approximate surface area is 159 Å². The zero-order valence-electron chi connectivity index (χ0n) is 16.0. The predicted octanol–water partition coefficient (Wildman–Crippen LogP) is 4.87. The molecule has 25 heavy (non-hydrogen) atoms. The van der Waals surface area contributed by atoms with Crippen LogP contribution in [0.15, 0.2) is 30.3 Å². The van der Waals surface area contributed by atoms with E-state index >= 15 is 0 Å². The average molecular weight is 368 g/mol. The third-order valence-electron chi connectivity index (χ3n) is 5.19. The van der Waals surface area contributed by atoms with Crippen molar-refractivity contribution in [1.82, 2.24) is 4.90 Å². The van der Waals surface area contributed by atoms with Gasteiger partial charge in [0, 0.05) is 12.5 Å². The summed E-state index contributed by atoms with van der Waals surface area (Å²) in [6.07, 6.45) is 8.27. The molecule has 0 bridgehead atoms. The second-order valence-electron chi connectivity index (χ2n) is 7.51. The maximum Gasteiger partial charge on any atom is 0.310 e. The summed E-state index contributed by atoms with van der Waals surface area (Å²) in [6, 6.07) is 9.93. The number of carbonyl (C=O) groups excluding carboxylic acids is 1. The maximum atomic E-state index is 12.6. The van der Waals surface area contributed by atoms with Crippen molar-refractivity contribution in [3.8, 4) is 0 Å². The van der Waals surface area contributed by atoms with Crippen molar-refractivity contribution in [3.63, 3.8) is 0 Å². The van der Waals surface area contributed by atoms with Crippen molar-refractivity contribution in [2.45, 2.75) is 63.9 Å². The number of nitrogens with zero attached hydrogens (tertiary/aromatic N) is 1. The zero-order valence-corrected chi connectivity index (χ0v) is 16.8. The lowest BCUT2D eigenvalue weighted by Crippen LogP contribution is -2.48. The van der Waals surface area contributed by atoms with Crippen molar-refractivity contribution < 1.29 is 9.53 Å². The molecule has 3 nitrogen and oxygen atoms in total. The average Bonchev–Trinajstić information content (AvgIpc) is 2.55. The summed E-state index contributed by atoms with van der Waals surface area (Å²) >= 11 is 0. The van der Waals surface area contributed by atoms with Gasteiger partial charge in [-0.15, -0.1) is 12.4 Å². The molecule has 0 radical (unpaired) electrons. The van der Waals surface area contributed by atoms with Crippen molar-refractivity contribution in [3.05, 3.63) is 35.9 Å². The van der Waals surface area contributed by atoms with E-state index in [1.54, 1.807) is 0 Å². The summed E-state index contributed by atoms with van der Waals surface area (Å²) in [7, 11) is 4.23. The number of carbonyl (C=O) groups is 1. The largest absolute Gasteiger partial charge is 0.458 e. The summed E-state index contributed by atoms with van der Waals surface area (Å²) in [5, 5.41) is 0. The van der Waals surface area contributed by atoms with Crippen LogP contribution in [0.1, 0.15) is 57.4 Å². The Bertz CT molecular complexity index is 506. The monoisotopic (exact) mass is 367 g/mol. The van der Waals surface area contributed by atoms with Gasteiger partial charge in [-0.05, 0) is 51.8 Å². The van der Waals surface area contributed by atoms with Crippen LogP contribution in [0.25, 0.3) is 0 Å². The first-order valence-electron chi connectivity index (χ1n) is 9.46. The number of ether oxygens (including phenoxy) is 1. The second kappa shape index (κ2) is 10.8. The molecular weight excluding hydrogens is 334 g/mol. The van der Waals surface area contributed by atoms with Gasteiger partial charge in [0.2, 0.25) is 0 Å². The number of halogens is 1. The standard InChI is InChI=1S/C21H33NO2.ClH/c1-4-5-14-21(15-10-9-13-19(21)17-22(2)3)24-20(23)16-18-11-7-6-8-12-18;/h6-8,11-12,19H,4-5,9-10,13-17H2,1-3H3;1H. The Kier molecular flexibility index (Phi) is 9.52. The highest BCUT2D eigenvalue weighted by molar-refractivity contribution is 5.85. The summed E-state index contributed by atoms with van der Waals surface area (Å²) in [5.74, 6) is 0.385. The van der Waals surface area contributed by atoms with E-state index in [1.165, 1.54) is 19.3 Å². The molecule has 2 unspecified atom stereocenters. The lowest BCUT2D eigenvalue weighted by Gasteiger charge is -2.44. The molecule has 0 amide bonds. The fraction of sp³-hybridized carbons (Fsp3) is 0.667. The molecule has 1 saturated carbocycles. The highest BCUT2D eigenvalue weighted by Gasteiger charge is 2.43. The molecule has 2 atom stereocenters. The van der Waals surface area contributed by atoms with E-state index in [-0.39, 0.29) is 24.0 Å². The van der Waals surface area contributed by atoms with Gasteiger partial charge < -0.3 is 9.64 Å². The van der Waals surface area contributed by atoms with Crippen LogP contribution in [0.2, 0.25) is 0 Å². The second-order valence-corrected chi connectivity index (χ2v) is 7.51. The Hall–Kier alpha value is -1.06. The Balaban J connectivity index is 0.00000312. The van der Waals surface area contributed by atoms with E-state index in [0.717, 1.165) is 37.8 Å². The summed E-state index contributed by atoms with van der Waals surface area (Å²) in [6.45, 7) is 3.21. The Morgan fingerprint density at radius 1 is 1.24 bits per heavy atom. The maximum absolute atomic E-state index is 12.6. The fourth-order valence-electron chi connectivity index (χ4n) is 4.00. The fourth-order valence-corrected chi connectivity index (χ4v) is 4.00. The number of esters is 1. The molecule has 1 aliphatic carbocycles. The van der Waals surface area contributed by atoms with Crippen LogP contribution < -0.4 is 0 Å². The van der Waals surface area contributed by atoms with Gasteiger partial charge in [0.15, 0.2) is 0 Å². The lowest BCUT2D eigenvalue weighted by atomic mass is 9.72. The van der Waals surface area contributed by atoms with E-state index in [0.29, 0.717) is 12.3 Å². The molecule has 1 aliphatic rings. The topological polar surface area (TPSA) is 29.5 Å². The van der Waals surface area contributed by atoms with Crippen LogP contribution in [0, 0.1) is 5.92 Å². The smallest absolute Gasteiger partial charge is 0.310 e. The SMILES string of the molecule is CCCCC1(OC(=O)Cc2ccccc2)CCCCC1CN(C)C.Cl. The minimum Gasteiger partial charge on any atom is -0.458 e. The zero-order chi connectivity index (χ0) is 17.4. The van der Waals surface area contributed by atoms with Crippen LogP contribution >= 0.6 is 12.4 Å². The summed E-state index contributed by atoms with van der Waals surface area (Å²) in [5.41, 5.74) is 0.776. The van der Waals surface area contributed by atoms with Crippen molar-refractivity contribution in [2.24, 2.45) is 5.92 Å². The molecular formula is C21H34ClNO2. The first kappa shape index (κ1) is 22.0. The molecule has 2 rings (SSSR count). The van der Waals surface area contributed by atoms with E-state index in [1.807, 2.05) is 30.3 Å². The molecule has 0 aliphatic heterocycles. The number of hydrogen-bond acceptors (Lipinski definition) is 3. The highest BCUT2D eigenvalue weighted by Crippen LogP contribution is 2.41. The van der Waals surface area contributed by atoms with Crippen molar-refractivity contribution in [1.29, 1.82) is 0 Å². The highest BCUT2D eigenvalue weighted by atomic mass is 35.5. The molecule has 0 spiro atoms. The number of rotatable bonds is 8. The van der Waals surface area contributed by atoms with Crippen molar-refractivity contribution in [2.75, 3.05) is 20.6 Å². The van der Waals surface area contributed by atoms with E-state index in [4.69, 9.17) is 4.74 Å². The molecule has 142 valence electrons. The molecule has 1 fully saturated rings. The van der Waals surface area contributed by atoms with Crippen LogP contribution in [0.3, 0.4) is 0 Å². The van der Waals surface area contributed by atoms with Gasteiger partial charge in [-0.3, -0.25) is 4.79 Å². The van der Waals surface area contributed by atoms with E-state index in [2.05, 4.69) is 25.9 Å².